The molecule has 0 heterocycles. The summed E-state index contributed by atoms with van der Waals surface area (Å²) in [5.41, 5.74) is 1.97. The summed E-state index contributed by atoms with van der Waals surface area (Å²) >= 11 is 0. The van der Waals surface area contributed by atoms with Crippen molar-refractivity contribution in [3.8, 4) is 5.75 Å². The lowest BCUT2D eigenvalue weighted by Crippen LogP contribution is -2.40. The molecule has 156 valence electrons. The van der Waals surface area contributed by atoms with Crippen molar-refractivity contribution < 1.29 is 13.9 Å². The normalized spacial score (nSPS) is 11.1. The molecular formula is C22H29FN4O2. The molecule has 6 nitrogen and oxygen atoms in total. The lowest BCUT2D eigenvalue weighted by atomic mass is 10.1. The number of hydrogen-bond acceptors (Lipinski definition) is 3. The quantitative estimate of drug-likeness (QED) is 0.325. The largest absolute Gasteiger partial charge is 0.492 e. The molecule has 0 unspecified atom stereocenters. The Kier molecular flexibility index (Phi) is 9.48. The Hall–Kier alpha value is -3.09. The van der Waals surface area contributed by atoms with Crippen LogP contribution in [0.25, 0.3) is 0 Å². The maximum atomic E-state index is 12.9. The molecule has 0 aliphatic carbocycles. The average Bonchev–Trinajstić information content (AvgIpc) is 2.71. The van der Waals surface area contributed by atoms with E-state index in [9.17, 15) is 9.18 Å². The zero-order valence-electron chi connectivity index (χ0n) is 17.0. The van der Waals surface area contributed by atoms with E-state index < -0.39 is 0 Å². The van der Waals surface area contributed by atoms with Crippen molar-refractivity contribution in [1.29, 1.82) is 0 Å². The van der Waals surface area contributed by atoms with E-state index in [4.69, 9.17) is 4.74 Å². The van der Waals surface area contributed by atoms with Crippen molar-refractivity contribution >= 4 is 11.9 Å². The number of benzene rings is 2. The Morgan fingerprint density at radius 1 is 1.00 bits per heavy atom. The van der Waals surface area contributed by atoms with Crippen LogP contribution >= 0.6 is 0 Å². The summed E-state index contributed by atoms with van der Waals surface area (Å²) in [6, 6.07) is 13.8. The van der Waals surface area contributed by atoms with Crippen molar-refractivity contribution in [2.45, 2.75) is 20.3 Å². The van der Waals surface area contributed by atoms with E-state index in [1.54, 1.807) is 12.1 Å². The van der Waals surface area contributed by atoms with Crippen LogP contribution in [0.15, 0.2) is 53.5 Å². The Morgan fingerprint density at radius 2 is 1.72 bits per heavy atom. The van der Waals surface area contributed by atoms with Gasteiger partial charge in [0.15, 0.2) is 5.96 Å². The molecule has 0 saturated heterocycles. The van der Waals surface area contributed by atoms with Gasteiger partial charge in [0.2, 0.25) is 5.91 Å². The number of aryl methyl sites for hydroxylation is 1. The number of rotatable bonds is 10. The molecule has 0 aliphatic heterocycles. The molecule has 1 amide bonds. The number of nitrogens with one attached hydrogen (secondary N) is 3. The molecule has 3 N–H and O–H groups in total. The summed E-state index contributed by atoms with van der Waals surface area (Å²) in [4.78, 5) is 16.4. The molecule has 7 heteroatoms. The van der Waals surface area contributed by atoms with E-state index in [0.717, 1.165) is 17.9 Å². The molecule has 2 rings (SSSR count). The number of amides is 1. The first-order valence-electron chi connectivity index (χ1n) is 9.79. The van der Waals surface area contributed by atoms with Gasteiger partial charge >= 0.3 is 0 Å². The molecule has 0 radical (unpaired) electrons. The minimum atomic E-state index is -0.309. The monoisotopic (exact) mass is 400 g/mol. The van der Waals surface area contributed by atoms with Gasteiger partial charge in [-0.25, -0.2) is 4.39 Å². The highest BCUT2D eigenvalue weighted by molar-refractivity contribution is 5.80. The fraction of sp³-hybridized carbons (Fsp3) is 0.364. The van der Waals surface area contributed by atoms with E-state index in [0.29, 0.717) is 32.2 Å². The van der Waals surface area contributed by atoms with Gasteiger partial charge in [-0.05, 0) is 43.7 Å². The van der Waals surface area contributed by atoms with E-state index in [2.05, 4.69) is 20.9 Å². The predicted molar refractivity (Wildman–Crippen MR) is 114 cm³/mol. The van der Waals surface area contributed by atoms with Crippen LogP contribution in [0.4, 0.5) is 4.39 Å². The molecule has 0 fully saturated rings. The fourth-order valence-electron chi connectivity index (χ4n) is 2.53. The highest BCUT2D eigenvalue weighted by Gasteiger charge is 2.03. The van der Waals surface area contributed by atoms with E-state index >= 15 is 0 Å². The number of nitrogens with zero attached hydrogens (tertiary/aromatic N) is 1. The van der Waals surface area contributed by atoms with Crippen molar-refractivity contribution in [2.75, 3.05) is 32.8 Å². The van der Waals surface area contributed by atoms with Crippen LogP contribution in [0.3, 0.4) is 0 Å². The zero-order valence-corrected chi connectivity index (χ0v) is 17.0. The molecule has 0 atom stereocenters. The van der Waals surface area contributed by atoms with E-state index in [1.165, 1.54) is 17.7 Å². The summed E-state index contributed by atoms with van der Waals surface area (Å²) in [6.07, 6.45) is 0.221. The number of carbonyl (C=O) groups is 1. The number of hydrogen-bond donors (Lipinski definition) is 3. The van der Waals surface area contributed by atoms with Gasteiger partial charge in [-0.15, -0.1) is 0 Å². The third kappa shape index (κ3) is 9.10. The fourth-order valence-corrected chi connectivity index (χ4v) is 2.53. The molecule has 0 aliphatic rings. The van der Waals surface area contributed by atoms with Gasteiger partial charge in [-0.2, -0.15) is 0 Å². The van der Waals surface area contributed by atoms with Crippen molar-refractivity contribution in [3.63, 3.8) is 0 Å². The lowest BCUT2D eigenvalue weighted by Gasteiger charge is -2.12. The summed E-state index contributed by atoms with van der Waals surface area (Å²) in [5, 5.41) is 9.17. The van der Waals surface area contributed by atoms with Crippen LogP contribution in [0.2, 0.25) is 0 Å². The summed E-state index contributed by atoms with van der Waals surface area (Å²) in [7, 11) is 0. The highest BCUT2D eigenvalue weighted by Crippen LogP contribution is 2.10. The van der Waals surface area contributed by atoms with Crippen LogP contribution < -0.4 is 20.7 Å². The maximum Gasteiger partial charge on any atom is 0.224 e. The summed E-state index contributed by atoms with van der Waals surface area (Å²) in [6.45, 7) is 6.76. The average molecular weight is 400 g/mol. The molecule has 0 bridgehead atoms. The SMILES string of the molecule is CCNC(=NCCNC(=O)Cc1ccc(F)cc1)NCCOc1ccc(C)cc1. The third-order valence-electron chi connectivity index (χ3n) is 4.01. The number of ether oxygens (including phenoxy) is 1. The second-order valence-electron chi connectivity index (χ2n) is 6.50. The van der Waals surface area contributed by atoms with Gasteiger partial charge in [-0.1, -0.05) is 29.8 Å². The van der Waals surface area contributed by atoms with Crippen LogP contribution in [0.5, 0.6) is 5.75 Å². The second kappa shape index (κ2) is 12.4. The minimum Gasteiger partial charge on any atom is -0.492 e. The minimum absolute atomic E-state index is 0.115. The van der Waals surface area contributed by atoms with Crippen LogP contribution in [-0.4, -0.2) is 44.7 Å². The Balaban J connectivity index is 1.66. The molecule has 0 spiro atoms. The molecule has 29 heavy (non-hydrogen) atoms. The van der Waals surface area contributed by atoms with Gasteiger partial charge in [-0.3, -0.25) is 9.79 Å². The Labute approximate surface area is 171 Å². The number of halogens is 1. The molecule has 0 saturated carbocycles. The third-order valence-corrected chi connectivity index (χ3v) is 4.01. The van der Waals surface area contributed by atoms with Crippen LogP contribution in [-0.2, 0) is 11.2 Å². The number of carbonyl (C=O) groups excluding carboxylic acids is 1. The zero-order chi connectivity index (χ0) is 20.9. The van der Waals surface area contributed by atoms with Crippen molar-refractivity contribution in [2.24, 2.45) is 4.99 Å². The smallest absolute Gasteiger partial charge is 0.224 e. The molecule has 2 aromatic rings. The topological polar surface area (TPSA) is 74.8 Å². The van der Waals surface area contributed by atoms with E-state index in [-0.39, 0.29) is 18.1 Å². The van der Waals surface area contributed by atoms with Gasteiger partial charge < -0.3 is 20.7 Å². The summed E-state index contributed by atoms with van der Waals surface area (Å²) < 4.78 is 18.6. The lowest BCUT2D eigenvalue weighted by molar-refractivity contribution is -0.120. The number of guanidine groups is 1. The number of aliphatic imine (C=N–C) groups is 1. The standard InChI is InChI=1S/C22H29FN4O2/c1-3-24-22(27-14-15-29-20-10-4-17(2)5-11-20)26-13-12-25-21(28)16-18-6-8-19(23)9-7-18/h4-11H,3,12-16H2,1-2H3,(H,25,28)(H2,24,26,27). The van der Waals surface area contributed by atoms with E-state index in [1.807, 2.05) is 38.1 Å². The Morgan fingerprint density at radius 3 is 2.41 bits per heavy atom. The Bertz CT molecular complexity index is 776. The van der Waals surface area contributed by atoms with Crippen molar-refractivity contribution in [1.82, 2.24) is 16.0 Å². The molecule has 2 aromatic carbocycles. The summed E-state index contributed by atoms with van der Waals surface area (Å²) in [5.74, 6) is 1.09. The van der Waals surface area contributed by atoms with Gasteiger partial charge in [0.25, 0.3) is 0 Å². The molecule has 0 aromatic heterocycles. The van der Waals surface area contributed by atoms with Crippen molar-refractivity contribution in [3.05, 3.63) is 65.5 Å². The van der Waals surface area contributed by atoms with Gasteiger partial charge in [0, 0.05) is 13.1 Å². The first-order valence-corrected chi connectivity index (χ1v) is 9.79. The first-order chi connectivity index (χ1) is 14.1. The predicted octanol–water partition coefficient (Wildman–Crippen LogP) is 2.43. The maximum absolute atomic E-state index is 12.9. The van der Waals surface area contributed by atoms with Crippen LogP contribution in [0, 0.1) is 12.7 Å². The molecular weight excluding hydrogens is 371 g/mol. The second-order valence-corrected chi connectivity index (χ2v) is 6.50. The van der Waals surface area contributed by atoms with Crippen LogP contribution in [0.1, 0.15) is 18.1 Å². The highest BCUT2D eigenvalue weighted by atomic mass is 19.1. The van der Waals surface area contributed by atoms with Gasteiger partial charge in [0.05, 0.1) is 19.5 Å². The first kappa shape index (κ1) is 22.2. The van der Waals surface area contributed by atoms with Gasteiger partial charge in [0.1, 0.15) is 18.2 Å².